The maximum atomic E-state index is 13.2. The molecule has 1 amide bonds. The summed E-state index contributed by atoms with van der Waals surface area (Å²) >= 11 is 0. The molecule has 0 fully saturated rings. The van der Waals surface area contributed by atoms with Gasteiger partial charge in [0, 0.05) is 25.5 Å². The Balaban J connectivity index is 1.74. The van der Waals surface area contributed by atoms with Gasteiger partial charge in [-0.05, 0) is 43.0 Å². The van der Waals surface area contributed by atoms with Gasteiger partial charge in [-0.2, -0.15) is 4.72 Å². The molecule has 3 rings (SSSR count). The highest BCUT2D eigenvalue weighted by Crippen LogP contribution is 2.25. The van der Waals surface area contributed by atoms with Crippen molar-refractivity contribution in [1.29, 1.82) is 0 Å². The Hall–Kier alpha value is -3.17. The SMILES string of the molecule is COc1ccc(C)cc1S(=O)(=O)N[C@H](Cc1ccccc1)C(=O)NCCCn1ccnc1. The van der Waals surface area contributed by atoms with Gasteiger partial charge in [0.2, 0.25) is 15.9 Å². The Morgan fingerprint density at radius 2 is 1.97 bits per heavy atom. The van der Waals surface area contributed by atoms with Gasteiger partial charge in [0.05, 0.1) is 13.4 Å². The largest absolute Gasteiger partial charge is 0.495 e. The van der Waals surface area contributed by atoms with Crippen LogP contribution in [0.5, 0.6) is 5.75 Å². The molecule has 3 aromatic rings. The van der Waals surface area contributed by atoms with E-state index in [1.165, 1.54) is 13.2 Å². The molecule has 8 nitrogen and oxygen atoms in total. The number of hydrogen-bond donors (Lipinski definition) is 2. The maximum absolute atomic E-state index is 13.2. The highest BCUT2D eigenvalue weighted by molar-refractivity contribution is 7.89. The summed E-state index contributed by atoms with van der Waals surface area (Å²) in [4.78, 5) is 16.9. The number of benzene rings is 2. The first-order chi connectivity index (χ1) is 15.4. The third-order valence-corrected chi connectivity index (χ3v) is 6.45. The van der Waals surface area contributed by atoms with Crippen molar-refractivity contribution in [2.24, 2.45) is 0 Å². The van der Waals surface area contributed by atoms with Crippen molar-refractivity contribution >= 4 is 15.9 Å². The van der Waals surface area contributed by atoms with Crippen LogP contribution >= 0.6 is 0 Å². The zero-order valence-corrected chi connectivity index (χ0v) is 19.0. The normalized spacial score (nSPS) is 12.3. The van der Waals surface area contributed by atoms with E-state index in [0.29, 0.717) is 19.5 Å². The van der Waals surface area contributed by atoms with Crippen LogP contribution < -0.4 is 14.8 Å². The molecule has 0 aliphatic rings. The summed E-state index contributed by atoms with van der Waals surface area (Å²) in [5.74, 6) is -0.156. The fraction of sp³-hybridized carbons (Fsp3) is 0.304. The third-order valence-electron chi connectivity index (χ3n) is 4.96. The second kappa shape index (κ2) is 10.9. The van der Waals surface area contributed by atoms with Crippen molar-refractivity contribution in [3.05, 3.63) is 78.4 Å². The number of aromatic nitrogens is 2. The predicted molar refractivity (Wildman–Crippen MR) is 122 cm³/mol. The van der Waals surface area contributed by atoms with Crippen LogP contribution in [-0.4, -0.2) is 43.6 Å². The van der Waals surface area contributed by atoms with Crippen LogP contribution in [0.1, 0.15) is 17.5 Å². The maximum Gasteiger partial charge on any atom is 0.244 e. The summed E-state index contributed by atoms with van der Waals surface area (Å²) in [6.45, 7) is 2.92. The minimum absolute atomic E-state index is 0.00553. The number of rotatable bonds is 11. The number of amides is 1. The lowest BCUT2D eigenvalue weighted by atomic mass is 10.1. The van der Waals surface area contributed by atoms with Gasteiger partial charge in [-0.1, -0.05) is 36.4 Å². The minimum atomic E-state index is -4.00. The quantitative estimate of drug-likeness (QED) is 0.431. The van der Waals surface area contributed by atoms with Gasteiger partial charge in [-0.3, -0.25) is 4.79 Å². The first kappa shape index (κ1) is 23.5. The van der Waals surface area contributed by atoms with Crippen LogP contribution in [0.3, 0.4) is 0 Å². The van der Waals surface area contributed by atoms with Gasteiger partial charge in [-0.15, -0.1) is 0 Å². The first-order valence-corrected chi connectivity index (χ1v) is 11.8. The first-order valence-electron chi connectivity index (χ1n) is 10.3. The summed E-state index contributed by atoms with van der Waals surface area (Å²) in [6, 6.07) is 13.2. The van der Waals surface area contributed by atoms with E-state index in [0.717, 1.165) is 11.1 Å². The number of ether oxygens (including phenoxy) is 1. The molecule has 0 aliphatic heterocycles. The molecule has 2 aromatic carbocycles. The number of methoxy groups -OCH3 is 1. The summed E-state index contributed by atoms with van der Waals surface area (Å²) in [5.41, 5.74) is 1.62. The Morgan fingerprint density at radius 1 is 1.19 bits per heavy atom. The van der Waals surface area contributed by atoms with Crippen molar-refractivity contribution in [3.63, 3.8) is 0 Å². The van der Waals surface area contributed by atoms with Crippen LogP contribution in [0, 0.1) is 6.92 Å². The van der Waals surface area contributed by atoms with Crippen LogP contribution in [-0.2, 0) is 27.8 Å². The number of imidazole rings is 1. The number of nitrogens with zero attached hydrogens (tertiary/aromatic N) is 2. The average Bonchev–Trinajstić information content (AvgIpc) is 3.30. The smallest absolute Gasteiger partial charge is 0.244 e. The lowest BCUT2D eigenvalue weighted by Gasteiger charge is -2.20. The third kappa shape index (κ3) is 6.41. The van der Waals surface area contributed by atoms with E-state index in [4.69, 9.17) is 4.74 Å². The molecular weight excluding hydrogens is 428 g/mol. The lowest BCUT2D eigenvalue weighted by molar-refractivity contribution is -0.122. The van der Waals surface area contributed by atoms with Gasteiger partial charge in [-0.25, -0.2) is 13.4 Å². The molecule has 0 spiro atoms. The van der Waals surface area contributed by atoms with Crippen LogP contribution in [0.25, 0.3) is 0 Å². The number of aryl methyl sites for hydroxylation is 2. The van der Waals surface area contributed by atoms with Crippen molar-refractivity contribution < 1.29 is 17.9 Å². The number of carbonyl (C=O) groups is 1. The monoisotopic (exact) mass is 456 g/mol. The van der Waals surface area contributed by atoms with Crippen molar-refractivity contribution in [2.75, 3.05) is 13.7 Å². The molecule has 0 radical (unpaired) electrons. The summed E-state index contributed by atoms with van der Waals surface area (Å²) in [5, 5.41) is 2.85. The predicted octanol–water partition coefficient (Wildman–Crippen LogP) is 2.30. The molecule has 9 heteroatoms. The van der Waals surface area contributed by atoms with Crippen molar-refractivity contribution in [1.82, 2.24) is 19.6 Å². The molecular formula is C23H28N4O4S. The number of sulfonamides is 1. The molecule has 1 atom stereocenters. The fourth-order valence-corrected chi connectivity index (χ4v) is 4.75. The van der Waals surface area contributed by atoms with Crippen LogP contribution in [0.2, 0.25) is 0 Å². The Morgan fingerprint density at radius 3 is 2.66 bits per heavy atom. The number of hydrogen-bond acceptors (Lipinski definition) is 5. The van der Waals surface area contributed by atoms with E-state index < -0.39 is 16.1 Å². The van der Waals surface area contributed by atoms with Crippen LogP contribution in [0.15, 0.2) is 72.1 Å². The molecule has 1 aromatic heterocycles. The van der Waals surface area contributed by atoms with Gasteiger partial charge in [0.25, 0.3) is 0 Å². The average molecular weight is 457 g/mol. The molecule has 0 bridgehead atoms. The zero-order valence-electron chi connectivity index (χ0n) is 18.2. The molecule has 2 N–H and O–H groups in total. The Labute approximate surface area is 188 Å². The molecule has 0 saturated carbocycles. The second-order valence-corrected chi connectivity index (χ2v) is 9.15. The van der Waals surface area contributed by atoms with E-state index >= 15 is 0 Å². The lowest BCUT2D eigenvalue weighted by Crippen LogP contribution is -2.48. The molecule has 32 heavy (non-hydrogen) atoms. The van der Waals surface area contributed by atoms with Gasteiger partial charge >= 0.3 is 0 Å². The number of carbonyl (C=O) groups excluding carboxylic acids is 1. The minimum Gasteiger partial charge on any atom is -0.495 e. The van der Waals surface area contributed by atoms with Crippen LogP contribution in [0.4, 0.5) is 0 Å². The molecule has 170 valence electrons. The van der Waals surface area contributed by atoms with Crippen molar-refractivity contribution in [2.45, 2.75) is 37.2 Å². The highest BCUT2D eigenvalue weighted by Gasteiger charge is 2.28. The summed E-state index contributed by atoms with van der Waals surface area (Å²) < 4.78 is 36.1. The van der Waals surface area contributed by atoms with E-state index in [1.807, 2.05) is 41.1 Å². The van der Waals surface area contributed by atoms with Gasteiger partial charge in [0.15, 0.2) is 0 Å². The van der Waals surface area contributed by atoms with Gasteiger partial charge in [0.1, 0.15) is 16.7 Å². The summed E-state index contributed by atoms with van der Waals surface area (Å²) in [7, 11) is -2.59. The van der Waals surface area contributed by atoms with E-state index in [-0.39, 0.29) is 23.0 Å². The standard InChI is InChI=1S/C23H28N4O4S/c1-18-9-10-21(31-2)22(15-18)32(29,30)26-20(16-19-7-4-3-5-8-19)23(28)25-11-6-13-27-14-12-24-17-27/h3-5,7-10,12,14-15,17,20,26H,6,11,13,16H2,1-2H3,(H,25,28)/t20-/m1/s1. The zero-order chi connectivity index (χ0) is 23.0. The Bertz CT molecular complexity index is 1120. The van der Waals surface area contributed by atoms with E-state index in [2.05, 4.69) is 15.0 Å². The topological polar surface area (TPSA) is 102 Å². The highest BCUT2D eigenvalue weighted by atomic mass is 32.2. The summed E-state index contributed by atoms with van der Waals surface area (Å²) in [6.07, 6.45) is 6.18. The van der Waals surface area contributed by atoms with E-state index in [9.17, 15) is 13.2 Å². The number of nitrogens with one attached hydrogen (secondary N) is 2. The molecule has 0 unspecified atom stereocenters. The van der Waals surface area contributed by atoms with E-state index in [1.54, 1.807) is 31.6 Å². The fourth-order valence-electron chi connectivity index (χ4n) is 3.30. The molecule has 0 aliphatic carbocycles. The Kier molecular flexibility index (Phi) is 8.02. The van der Waals surface area contributed by atoms with Gasteiger partial charge < -0.3 is 14.6 Å². The van der Waals surface area contributed by atoms with Crippen molar-refractivity contribution in [3.8, 4) is 5.75 Å². The molecule has 0 saturated heterocycles. The second-order valence-electron chi connectivity index (χ2n) is 7.46. The molecule has 1 heterocycles.